The molecular weight excluding hydrogens is 308 g/mol. The van der Waals surface area contributed by atoms with Gasteiger partial charge in [-0.25, -0.2) is 4.98 Å². The SMILES string of the molecule is FC(F)(F)c1cc2[nH]cnc2cc1I. The van der Waals surface area contributed by atoms with Gasteiger partial charge in [-0.1, -0.05) is 0 Å². The van der Waals surface area contributed by atoms with E-state index in [0.29, 0.717) is 11.0 Å². The van der Waals surface area contributed by atoms with Gasteiger partial charge in [0.15, 0.2) is 0 Å². The summed E-state index contributed by atoms with van der Waals surface area (Å²) in [6.07, 6.45) is -2.93. The summed E-state index contributed by atoms with van der Waals surface area (Å²) in [5.41, 5.74) is 0.315. The van der Waals surface area contributed by atoms with Gasteiger partial charge >= 0.3 is 6.18 Å². The van der Waals surface area contributed by atoms with Crippen LogP contribution >= 0.6 is 22.6 Å². The van der Waals surface area contributed by atoms with Crippen LogP contribution in [0.2, 0.25) is 0 Å². The Morgan fingerprint density at radius 1 is 1.29 bits per heavy atom. The monoisotopic (exact) mass is 312 g/mol. The van der Waals surface area contributed by atoms with Crippen LogP contribution in [0.5, 0.6) is 0 Å². The summed E-state index contributed by atoms with van der Waals surface area (Å²) in [5, 5.41) is 0. The second kappa shape index (κ2) is 3.11. The summed E-state index contributed by atoms with van der Waals surface area (Å²) in [4.78, 5) is 6.52. The summed E-state index contributed by atoms with van der Waals surface area (Å²) in [6.45, 7) is 0. The zero-order valence-corrected chi connectivity index (χ0v) is 8.85. The topological polar surface area (TPSA) is 28.7 Å². The molecule has 0 aliphatic heterocycles. The van der Waals surface area contributed by atoms with E-state index in [2.05, 4.69) is 9.97 Å². The number of benzene rings is 1. The number of aromatic nitrogens is 2. The lowest BCUT2D eigenvalue weighted by Gasteiger charge is -2.08. The van der Waals surface area contributed by atoms with E-state index in [1.54, 1.807) is 22.6 Å². The molecule has 74 valence electrons. The summed E-state index contributed by atoms with van der Waals surface area (Å²) in [5.74, 6) is 0. The Hall–Kier alpha value is -0.790. The largest absolute Gasteiger partial charge is 0.417 e. The van der Waals surface area contributed by atoms with Crippen molar-refractivity contribution in [3.05, 3.63) is 27.6 Å². The number of nitrogens with one attached hydrogen (secondary N) is 1. The Balaban J connectivity index is 2.71. The van der Waals surface area contributed by atoms with Gasteiger partial charge in [-0.2, -0.15) is 13.2 Å². The van der Waals surface area contributed by atoms with Gasteiger partial charge in [0.1, 0.15) is 0 Å². The van der Waals surface area contributed by atoms with Crippen molar-refractivity contribution in [3.8, 4) is 0 Å². The van der Waals surface area contributed by atoms with Gasteiger partial charge < -0.3 is 4.98 Å². The first kappa shape index (κ1) is 9.75. The number of hydrogen-bond acceptors (Lipinski definition) is 1. The van der Waals surface area contributed by atoms with E-state index in [0.717, 1.165) is 6.07 Å². The standard InChI is InChI=1S/C8H4F3IN2/c9-8(10,11)4-1-6-7(2-5(4)12)14-3-13-6/h1-3H,(H,13,14). The first-order valence-corrected chi connectivity index (χ1v) is 4.76. The van der Waals surface area contributed by atoms with Crippen LogP contribution in [-0.2, 0) is 6.18 Å². The molecule has 14 heavy (non-hydrogen) atoms. The van der Waals surface area contributed by atoms with Crippen molar-refractivity contribution in [3.63, 3.8) is 0 Å². The van der Waals surface area contributed by atoms with Crippen LogP contribution in [0.15, 0.2) is 18.5 Å². The van der Waals surface area contributed by atoms with Crippen molar-refractivity contribution >= 4 is 33.6 Å². The quantitative estimate of drug-likeness (QED) is 0.744. The number of alkyl halides is 3. The molecule has 0 aliphatic carbocycles. The maximum atomic E-state index is 12.4. The maximum absolute atomic E-state index is 12.4. The highest BCUT2D eigenvalue weighted by molar-refractivity contribution is 14.1. The Bertz CT molecular complexity index is 475. The minimum absolute atomic E-state index is 0.162. The number of rotatable bonds is 0. The number of hydrogen-bond donors (Lipinski definition) is 1. The molecule has 0 saturated carbocycles. The molecule has 1 aromatic carbocycles. The molecule has 0 bridgehead atoms. The van der Waals surface area contributed by atoms with Gasteiger partial charge in [0.2, 0.25) is 0 Å². The number of halogens is 4. The Morgan fingerprint density at radius 2 is 2.00 bits per heavy atom. The van der Waals surface area contributed by atoms with Crippen LogP contribution in [0, 0.1) is 3.57 Å². The summed E-state index contributed by atoms with van der Waals surface area (Å²) in [6, 6.07) is 2.49. The molecule has 2 aromatic rings. The summed E-state index contributed by atoms with van der Waals surface area (Å²) in [7, 11) is 0. The second-order valence-corrected chi connectivity index (χ2v) is 3.91. The number of H-pyrrole nitrogens is 1. The van der Waals surface area contributed by atoms with Gasteiger partial charge in [-0.05, 0) is 34.7 Å². The van der Waals surface area contributed by atoms with Crippen molar-refractivity contribution in [2.45, 2.75) is 6.18 Å². The molecule has 6 heteroatoms. The van der Waals surface area contributed by atoms with Gasteiger partial charge in [0.05, 0.1) is 22.9 Å². The smallest absolute Gasteiger partial charge is 0.345 e. The molecule has 2 nitrogen and oxygen atoms in total. The number of aromatic amines is 1. The normalized spacial score (nSPS) is 12.3. The van der Waals surface area contributed by atoms with E-state index in [-0.39, 0.29) is 3.57 Å². The van der Waals surface area contributed by atoms with E-state index in [1.165, 1.54) is 12.4 Å². The minimum atomic E-state index is -4.31. The third kappa shape index (κ3) is 1.58. The number of fused-ring (bicyclic) bond motifs is 1. The molecule has 0 saturated heterocycles. The molecule has 1 aromatic heterocycles. The first-order valence-electron chi connectivity index (χ1n) is 3.68. The van der Waals surface area contributed by atoms with E-state index < -0.39 is 11.7 Å². The van der Waals surface area contributed by atoms with Gasteiger partial charge in [0, 0.05) is 3.57 Å². The molecule has 0 radical (unpaired) electrons. The number of imidazole rings is 1. The first-order chi connectivity index (χ1) is 6.48. The fraction of sp³-hybridized carbons (Fsp3) is 0.125. The predicted molar refractivity (Wildman–Crippen MR) is 53.8 cm³/mol. The van der Waals surface area contributed by atoms with Crippen LogP contribution in [0.4, 0.5) is 13.2 Å². The van der Waals surface area contributed by atoms with Gasteiger partial charge in [0.25, 0.3) is 0 Å². The fourth-order valence-electron chi connectivity index (χ4n) is 1.17. The second-order valence-electron chi connectivity index (χ2n) is 2.75. The fourth-order valence-corrected chi connectivity index (χ4v) is 1.93. The van der Waals surface area contributed by atoms with Crippen molar-refractivity contribution in [1.82, 2.24) is 9.97 Å². The Labute approximate surface area is 90.7 Å². The zero-order valence-electron chi connectivity index (χ0n) is 6.69. The van der Waals surface area contributed by atoms with E-state index in [1.807, 2.05) is 0 Å². The van der Waals surface area contributed by atoms with Crippen molar-refractivity contribution < 1.29 is 13.2 Å². The molecule has 0 amide bonds. The molecule has 0 aliphatic rings. The van der Waals surface area contributed by atoms with E-state index in [4.69, 9.17) is 0 Å². The van der Waals surface area contributed by atoms with Crippen LogP contribution in [0.1, 0.15) is 5.56 Å². The number of nitrogens with zero attached hydrogens (tertiary/aromatic N) is 1. The van der Waals surface area contributed by atoms with Gasteiger partial charge in [-0.3, -0.25) is 0 Å². The minimum Gasteiger partial charge on any atom is -0.345 e. The molecule has 0 unspecified atom stereocenters. The predicted octanol–water partition coefficient (Wildman–Crippen LogP) is 3.19. The highest BCUT2D eigenvalue weighted by Gasteiger charge is 2.33. The van der Waals surface area contributed by atoms with E-state index in [9.17, 15) is 13.2 Å². The molecular formula is C8H4F3IN2. The Kier molecular flexibility index (Phi) is 2.17. The highest BCUT2D eigenvalue weighted by Crippen LogP contribution is 2.34. The van der Waals surface area contributed by atoms with Crippen molar-refractivity contribution in [1.29, 1.82) is 0 Å². The van der Waals surface area contributed by atoms with Crippen LogP contribution in [-0.4, -0.2) is 9.97 Å². The average molecular weight is 312 g/mol. The molecule has 0 atom stereocenters. The third-order valence-electron chi connectivity index (χ3n) is 1.81. The lowest BCUT2D eigenvalue weighted by molar-refractivity contribution is -0.138. The highest BCUT2D eigenvalue weighted by atomic mass is 127. The molecule has 0 fully saturated rings. The van der Waals surface area contributed by atoms with Gasteiger partial charge in [-0.15, -0.1) is 0 Å². The van der Waals surface area contributed by atoms with Crippen LogP contribution < -0.4 is 0 Å². The summed E-state index contributed by atoms with van der Waals surface area (Å²) < 4.78 is 37.5. The zero-order chi connectivity index (χ0) is 10.3. The lowest BCUT2D eigenvalue weighted by Crippen LogP contribution is -2.07. The maximum Gasteiger partial charge on any atom is 0.417 e. The van der Waals surface area contributed by atoms with Crippen molar-refractivity contribution in [2.24, 2.45) is 0 Å². The molecule has 1 heterocycles. The summed E-state index contributed by atoms with van der Waals surface area (Å²) >= 11 is 1.66. The average Bonchev–Trinajstić information content (AvgIpc) is 2.47. The molecule has 1 N–H and O–H groups in total. The van der Waals surface area contributed by atoms with E-state index >= 15 is 0 Å². The Morgan fingerprint density at radius 3 is 2.64 bits per heavy atom. The molecule has 2 rings (SSSR count). The van der Waals surface area contributed by atoms with Crippen molar-refractivity contribution in [2.75, 3.05) is 0 Å². The van der Waals surface area contributed by atoms with Crippen LogP contribution in [0.25, 0.3) is 11.0 Å². The van der Waals surface area contributed by atoms with Crippen LogP contribution in [0.3, 0.4) is 0 Å². The lowest BCUT2D eigenvalue weighted by atomic mass is 10.2. The third-order valence-corrected chi connectivity index (χ3v) is 2.71. The molecule has 0 spiro atoms.